The van der Waals surface area contributed by atoms with E-state index in [1.54, 1.807) is 16.9 Å². The van der Waals surface area contributed by atoms with E-state index in [9.17, 15) is 9.59 Å². The Balaban J connectivity index is 2.28. The molecule has 2 aromatic heterocycles. The number of nitrogens with one attached hydrogen (secondary N) is 1. The highest BCUT2D eigenvalue weighted by atomic mass is 32.1. The van der Waals surface area contributed by atoms with Crippen molar-refractivity contribution >= 4 is 28.2 Å². The Kier molecular flexibility index (Phi) is 4.65. The summed E-state index contributed by atoms with van der Waals surface area (Å²) in [6.07, 6.45) is 1.76. The lowest BCUT2D eigenvalue weighted by molar-refractivity contribution is 0.0601. The topological polar surface area (TPSA) is 73.2 Å². The standard InChI is InChI=1S/C15H19N3O3S/c1-8(2)18-7-6-11(17-18)13(19)16-14-12(15(20)21-5)9(3)10(4)22-14/h6-8H,1-5H3,(H,16,19). The fourth-order valence-electron chi connectivity index (χ4n) is 1.98. The van der Waals surface area contributed by atoms with Crippen molar-refractivity contribution in [3.8, 4) is 0 Å². The second-order valence-electron chi connectivity index (χ2n) is 5.21. The van der Waals surface area contributed by atoms with Gasteiger partial charge >= 0.3 is 5.97 Å². The van der Waals surface area contributed by atoms with Crippen molar-refractivity contribution in [2.75, 3.05) is 12.4 Å². The van der Waals surface area contributed by atoms with Crippen LogP contribution in [0.4, 0.5) is 5.00 Å². The van der Waals surface area contributed by atoms with Gasteiger partial charge in [-0.1, -0.05) is 0 Å². The van der Waals surface area contributed by atoms with Gasteiger partial charge in [0.2, 0.25) is 0 Å². The van der Waals surface area contributed by atoms with E-state index in [2.05, 4.69) is 10.4 Å². The molecular weight excluding hydrogens is 302 g/mol. The maximum atomic E-state index is 12.3. The average Bonchev–Trinajstić information content (AvgIpc) is 3.05. The van der Waals surface area contributed by atoms with Crippen LogP contribution in [-0.4, -0.2) is 28.8 Å². The van der Waals surface area contributed by atoms with Gasteiger partial charge in [-0.3, -0.25) is 9.48 Å². The summed E-state index contributed by atoms with van der Waals surface area (Å²) in [5.41, 5.74) is 1.54. The van der Waals surface area contributed by atoms with Gasteiger partial charge in [0.15, 0.2) is 5.69 Å². The van der Waals surface area contributed by atoms with Gasteiger partial charge in [-0.15, -0.1) is 11.3 Å². The first-order chi connectivity index (χ1) is 10.3. The number of ether oxygens (including phenoxy) is 1. The Morgan fingerprint density at radius 3 is 2.59 bits per heavy atom. The van der Waals surface area contributed by atoms with Crippen LogP contribution in [0.3, 0.4) is 0 Å². The number of nitrogens with zero attached hydrogens (tertiary/aromatic N) is 2. The van der Waals surface area contributed by atoms with Crippen molar-refractivity contribution in [1.29, 1.82) is 0 Å². The molecule has 0 fully saturated rings. The number of rotatable bonds is 4. The molecule has 1 amide bonds. The Hall–Kier alpha value is -2.15. The SMILES string of the molecule is COC(=O)c1c(NC(=O)c2ccn(C(C)C)n2)sc(C)c1C. The summed E-state index contributed by atoms with van der Waals surface area (Å²) >= 11 is 1.35. The average molecular weight is 321 g/mol. The normalized spacial score (nSPS) is 10.8. The Morgan fingerprint density at radius 1 is 1.36 bits per heavy atom. The summed E-state index contributed by atoms with van der Waals surface area (Å²) < 4.78 is 6.50. The van der Waals surface area contributed by atoms with E-state index in [0.717, 1.165) is 10.4 Å². The molecule has 0 aliphatic rings. The van der Waals surface area contributed by atoms with Crippen LogP contribution in [0.5, 0.6) is 0 Å². The second-order valence-corrected chi connectivity index (χ2v) is 6.43. The molecule has 2 aromatic rings. The number of carbonyl (C=O) groups is 2. The predicted octanol–water partition coefficient (Wildman–Crippen LogP) is 3.18. The molecule has 22 heavy (non-hydrogen) atoms. The minimum absolute atomic E-state index is 0.179. The summed E-state index contributed by atoms with van der Waals surface area (Å²) in [6.45, 7) is 7.70. The van der Waals surface area contributed by atoms with Gasteiger partial charge in [0.25, 0.3) is 5.91 Å². The van der Waals surface area contributed by atoms with Gasteiger partial charge < -0.3 is 10.1 Å². The van der Waals surface area contributed by atoms with Crippen molar-refractivity contribution in [3.05, 3.63) is 34.0 Å². The third-order valence-electron chi connectivity index (χ3n) is 3.37. The summed E-state index contributed by atoms with van der Waals surface area (Å²) in [5.74, 6) is -0.796. The van der Waals surface area contributed by atoms with Crippen LogP contribution >= 0.6 is 11.3 Å². The van der Waals surface area contributed by atoms with Crippen molar-refractivity contribution in [1.82, 2.24) is 9.78 Å². The lowest BCUT2D eigenvalue weighted by Crippen LogP contribution is -2.15. The molecule has 118 valence electrons. The van der Waals surface area contributed by atoms with Gasteiger partial charge in [0.05, 0.1) is 12.7 Å². The van der Waals surface area contributed by atoms with Crippen molar-refractivity contribution in [3.63, 3.8) is 0 Å². The Bertz CT molecular complexity index is 716. The van der Waals surface area contributed by atoms with Crippen molar-refractivity contribution < 1.29 is 14.3 Å². The first-order valence-corrected chi connectivity index (χ1v) is 7.71. The lowest BCUT2D eigenvalue weighted by atomic mass is 10.1. The predicted molar refractivity (Wildman–Crippen MR) is 85.7 cm³/mol. The number of aryl methyl sites for hydroxylation is 1. The van der Waals surface area contributed by atoms with Crippen LogP contribution in [0.15, 0.2) is 12.3 Å². The van der Waals surface area contributed by atoms with E-state index in [0.29, 0.717) is 16.3 Å². The second kappa shape index (κ2) is 6.31. The highest BCUT2D eigenvalue weighted by Gasteiger charge is 2.22. The molecule has 0 bridgehead atoms. The zero-order valence-corrected chi connectivity index (χ0v) is 14.1. The zero-order chi connectivity index (χ0) is 16.4. The molecule has 2 rings (SSSR count). The van der Waals surface area contributed by atoms with E-state index in [1.165, 1.54) is 18.4 Å². The number of thiophene rings is 1. The van der Waals surface area contributed by atoms with E-state index >= 15 is 0 Å². The molecule has 0 atom stereocenters. The molecule has 2 heterocycles. The molecule has 0 unspecified atom stereocenters. The third-order valence-corrected chi connectivity index (χ3v) is 4.49. The molecule has 0 radical (unpaired) electrons. The number of amides is 1. The fraction of sp³-hybridized carbons (Fsp3) is 0.400. The number of methoxy groups -OCH3 is 1. The maximum Gasteiger partial charge on any atom is 0.341 e. The fourth-order valence-corrected chi connectivity index (χ4v) is 3.02. The summed E-state index contributed by atoms with van der Waals surface area (Å²) in [7, 11) is 1.32. The highest BCUT2D eigenvalue weighted by molar-refractivity contribution is 7.16. The summed E-state index contributed by atoms with van der Waals surface area (Å²) in [4.78, 5) is 25.2. The van der Waals surface area contributed by atoms with Gasteiger partial charge in [-0.2, -0.15) is 5.10 Å². The molecule has 0 spiro atoms. The molecular formula is C15H19N3O3S. The third kappa shape index (κ3) is 3.04. The minimum Gasteiger partial charge on any atom is -0.465 e. The van der Waals surface area contributed by atoms with Gasteiger partial charge in [0.1, 0.15) is 5.00 Å². The van der Waals surface area contributed by atoms with Gasteiger partial charge in [0, 0.05) is 17.1 Å². The largest absolute Gasteiger partial charge is 0.465 e. The van der Waals surface area contributed by atoms with Gasteiger partial charge in [-0.25, -0.2) is 4.79 Å². The van der Waals surface area contributed by atoms with Crippen molar-refractivity contribution in [2.45, 2.75) is 33.7 Å². The molecule has 0 saturated carbocycles. The molecule has 0 saturated heterocycles. The number of anilines is 1. The monoisotopic (exact) mass is 321 g/mol. The summed E-state index contributed by atoms with van der Waals surface area (Å²) in [6, 6.07) is 1.83. The van der Waals surface area contributed by atoms with E-state index in [-0.39, 0.29) is 11.9 Å². The summed E-state index contributed by atoms with van der Waals surface area (Å²) in [5, 5.41) is 7.47. The molecule has 7 heteroatoms. The number of esters is 1. The first-order valence-electron chi connectivity index (χ1n) is 6.90. The number of hydrogen-bond donors (Lipinski definition) is 1. The van der Waals surface area contributed by atoms with Crippen LogP contribution < -0.4 is 5.32 Å². The van der Waals surface area contributed by atoms with Crippen LogP contribution in [0.25, 0.3) is 0 Å². The minimum atomic E-state index is -0.454. The van der Waals surface area contributed by atoms with Crippen molar-refractivity contribution in [2.24, 2.45) is 0 Å². The molecule has 0 aliphatic heterocycles. The van der Waals surface area contributed by atoms with Crippen LogP contribution in [0, 0.1) is 13.8 Å². The zero-order valence-electron chi connectivity index (χ0n) is 13.3. The molecule has 1 N–H and O–H groups in total. The Labute approximate surface area is 133 Å². The Morgan fingerprint density at radius 2 is 2.05 bits per heavy atom. The first kappa shape index (κ1) is 16.2. The molecule has 0 aromatic carbocycles. The number of aromatic nitrogens is 2. The van der Waals surface area contributed by atoms with Crippen LogP contribution in [0.2, 0.25) is 0 Å². The van der Waals surface area contributed by atoms with E-state index in [1.807, 2.05) is 27.7 Å². The molecule has 0 aliphatic carbocycles. The van der Waals surface area contributed by atoms with Gasteiger partial charge in [-0.05, 0) is 39.3 Å². The lowest BCUT2D eigenvalue weighted by Gasteiger charge is -2.05. The quantitative estimate of drug-likeness (QED) is 0.878. The van der Waals surface area contributed by atoms with E-state index < -0.39 is 5.97 Å². The van der Waals surface area contributed by atoms with E-state index in [4.69, 9.17) is 4.74 Å². The molecule has 6 nitrogen and oxygen atoms in total. The van der Waals surface area contributed by atoms with Crippen LogP contribution in [0.1, 0.15) is 51.2 Å². The van der Waals surface area contributed by atoms with Crippen LogP contribution in [-0.2, 0) is 4.74 Å². The smallest absolute Gasteiger partial charge is 0.341 e. The number of carbonyl (C=O) groups excluding carboxylic acids is 2. The highest BCUT2D eigenvalue weighted by Crippen LogP contribution is 2.33. The maximum absolute atomic E-state index is 12.3. The number of hydrogen-bond acceptors (Lipinski definition) is 5.